The van der Waals surface area contributed by atoms with Gasteiger partial charge in [-0.1, -0.05) is 19.1 Å². The Balaban J connectivity index is 2.00. The number of aromatic nitrogens is 2. The third kappa shape index (κ3) is 2.97. The molecule has 1 aromatic carbocycles. The van der Waals surface area contributed by atoms with Gasteiger partial charge in [0.05, 0.1) is 5.69 Å². The zero-order valence-electron chi connectivity index (χ0n) is 12.8. The van der Waals surface area contributed by atoms with Crippen molar-refractivity contribution in [3.63, 3.8) is 0 Å². The Morgan fingerprint density at radius 1 is 1.30 bits per heavy atom. The van der Waals surface area contributed by atoms with E-state index in [0.717, 1.165) is 15.3 Å². The number of halogens is 2. The summed E-state index contributed by atoms with van der Waals surface area (Å²) in [6, 6.07) is 9.11. The first-order valence-corrected chi connectivity index (χ1v) is 8.26. The average Bonchev–Trinajstić information content (AvgIpc) is 2.95. The molecule has 1 aliphatic heterocycles. The maximum Gasteiger partial charge on any atom is 0.276 e. The summed E-state index contributed by atoms with van der Waals surface area (Å²) in [6.45, 7) is 3.45. The number of hydrogen-bond acceptors (Lipinski definition) is 3. The van der Waals surface area contributed by atoms with Crippen molar-refractivity contribution in [3.05, 3.63) is 42.2 Å². The number of hydrogen-bond donors (Lipinski definition) is 0. The molecule has 1 amide bonds. The van der Waals surface area contributed by atoms with Crippen LogP contribution in [0.25, 0.3) is 0 Å². The fourth-order valence-corrected chi connectivity index (χ4v) is 3.86. The zero-order chi connectivity index (χ0) is 16.6. The molecule has 23 heavy (non-hydrogen) atoms. The highest BCUT2D eigenvalue weighted by molar-refractivity contribution is 8.00. The van der Waals surface area contributed by atoms with Gasteiger partial charge in [-0.25, -0.2) is 8.78 Å². The van der Waals surface area contributed by atoms with Gasteiger partial charge in [0, 0.05) is 22.4 Å². The van der Waals surface area contributed by atoms with Crippen molar-refractivity contribution in [2.24, 2.45) is 0 Å². The van der Waals surface area contributed by atoms with Gasteiger partial charge in [-0.05, 0) is 25.1 Å². The minimum Gasteiger partial charge on any atom is -0.302 e. The van der Waals surface area contributed by atoms with Gasteiger partial charge in [0.15, 0.2) is 0 Å². The first-order chi connectivity index (χ1) is 11.0. The maximum atomic E-state index is 13.0. The van der Waals surface area contributed by atoms with Crippen LogP contribution < -0.4 is 4.90 Å². The van der Waals surface area contributed by atoms with Gasteiger partial charge in [-0.2, -0.15) is 5.10 Å². The summed E-state index contributed by atoms with van der Waals surface area (Å²) < 4.78 is 26.4. The number of nitrogens with zero attached hydrogens (tertiary/aromatic N) is 3. The fraction of sp³-hybridized carbons (Fsp3) is 0.375. The van der Waals surface area contributed by atoms with Crippen molar-refractivity contribution in [2.45, 2.75) is 43.0 Å². The predicted molar refractivity (Wildman–Crippen MR) is 86.3 cm³/mol. The minimum atomic E-state index is -2.55. The van der Waals surface area contributed by atoms with Crippen molar-refractivity contribution in [1.29, 1.82) is 0 Å². The summed E-state index contributed by atoms with van der Waals surface area (Å²) in [5.41, 5.74) is 1.00. The van der Waals surface area contributed by atoms with Gasteiger partial charge in [0.2, 0.25) is 0 Å². The number of amides is 1. The molecule has 0 unspecified atom stereocenters. The van der Waals surface area contributed by atoms with E-state index in [4.69, 9.17) is 0 Å². The molecular weight excluding hydrogens is 320 g/mol. The average molecular weight is 337 g/mol. The van der Waals surface area contributed by atoms with Crippen LogP contribution in [0.2, 0.25) is 0 Å². The summed E-state index contributed by atoms with van der Waals surface area (Å²) in [5, 5.41) is 4.06. The van der Waals surface area contributed by atoms with Crippen LogP contribution in [0, 0.1) is 0 Å². The molecule has 0 aliphatic carbocycles. The Morgan fingerprint density at radius 3 is 2.78 bits per heavy atom. The smallest absolute Gasteiger partial charge is 0.276 e. The molecule has 2 atom stereocenters. The fourth-order valence-electron chi connectivity index (χ4n) is 2.69. The molecule has 2 heterocycles. The van der Waals surface area contributed by atoms with Gasteiger partial charge in [-0.15, -0.1) is 11.8 Å². The van der Waals surface area contributed by atoms with Crippen LogP contribution in [0.4, 0.5) is 14.5 Å². The van der Waals surface area contributed by atoms with Crippen LogP contribution in [0.5, 0.6) is 0 Å². The first-order valence-electron chi connectivity index (χ1n) is 7.38. The zero-order valence-corrected chi connectivity index (χ0v) is 13.6. The topological polar surface area (TPSA) is 38.1 Å². The predicted octanol–water partition coefficient (Wildman–Crippen LogP) is 3.68. The van der Waals surface area contributed by atoms with Crippen LogP contribution >= 0.6 is 11.8 Å². The van der Waals surface area contributed by atoms with E-state index >= 15 is 0 Å². The largest absolute Gasteiger partial charge is 0.302 e. The standard InChI is InChI=1S/C16H17F2N3OS/c1-10-11(2)23-14-6-4-3-5-12(14)21(10)16(22)13-7-8-19-20(13)9-15(17)18/h3-8,10-11,15H,9H2,1-2H3/t10-,11+/m0/s1. The number of rotatable bonds is 3. The quantitative estimate of drug-likeness (QED) is 0.857. The monoisotopic (exact) mass is 337 g/mol. The number of alkyl halides is 2. The Morgan fingerprint density at radius 2 is 2.04 bits per heavy atom. The number of para-hydroxylation sites is 1. The van der Waals surface area contributed by atoms with E-state index in [0.29, 0.717) is 0 Å². The van der Waals surface area contributed by atoms with Crippen molar-refractivity contribution in [1.82, 2.24) is 9.78 Å². The van der Waals surface area contributed by atoms with E-state index in [9.17, 15) is 13.6 Å². The molecule has 0 fully saturated rings. The van der Waals surface area contributed by atoms with E-state index in [2.05, 4.69) is 12.0 Å². The molecule has 0 bridgehead atoms. The summed E-state index contributed by atoms with van der Waals surface area (Å²) >= 11 is 1.72. The number of fused-ring (bicyclic) bond motifs is 1. The number of thioether (sulfide) groups is 1. The lowest BCUT2D eigenvalue weighted by Crippen LogP contribution is -2.46. The van der Waals surface area contributed by atoms with E-state index in [1.807, 2.05) is 31.2 Å². The number of anilines is 1. The van der Waals surface area contributed by atoms with Crippen LogP contribution in [-0.4, -0.2) is 33.4 Å². The molecular formula is C16H17F2N3OS. The Kier molecular flexibility index (Phi) is 4.39. The molecule has 2 aromatic rings. The highest BCUT2D eigenvalue weighted by Crippen LogP contribution is 2.41. The molecule has 7 heteroatoms. The van der Waals surface area contributed by atoms with Crippen molar-refractivity contribution >= 4 is 23.4 Å². The van der Waals surface area contributed by atoms with Gasteiger partial charge in [-0.3, -0.25) is 9.48 Å². The Hall–Kier alpha value is -1.89. The lowest BCUT2D eigenvalue weighted by molar-refractivity contribution is 0.0946. The summed E-state index contributed by atoms with van der Waals surface area (Å²) in [5.74, 6) is -0.296. The molecule has 4 nitrogen and oxygen atoms in total. The lowest BCUT2D eigenvalue weighted by Gasteiger charge is -2.38. The second kappa shape index (κ2) is 6.31. The molecule has 122 valence electrons. The molecule has 1 aliphatic rings. The summed E-state index contributed by atoms with van der Waals surface area (Å²) in [7, 11) is 0. The maximum absolute atomic E-state index is 13.0. The molecule has 1 aromatic heterocycles. The van der Waals surface area contributed by atoms with E-state index in [1.165, 1.54) is 12.3 Å². The van der Waals surface area contributed by atoms with E-state index in [1.54, 1.807) is 16.7 Å². The third-order valence-electron chi connectivity index (χ3n) is 3.99. The summed E-state index contributed by atoms with van der Waals surface area (Å²) in [6.07, 6.45) is -1.17. The highest BCUT2D eigenvalue weighted by atomic mass is 32.2. The van der Waals surface area contributed by atoms with E-state index in [-0.39, 0.29) is 22.9 Å². The molecule has 3 rings (SSSR count). The highest BCUT2D eigenvalue weighted by Gasteiger charge is 2.35. The molecule has 0 saturated carbocycles. The van der Waals surface area contributed by atoms with Gasteiger partial charge in [0.25, 0.3) is 12.3 Å². The van der Waals surface area contributed by atoms with Gasteiger partial charge >= 0.3 is 0 Å². The number of carbonyl (C=O) groups excluding carboxylic acids is 1. The molecule has 0 N–H and O–H groups in total. The molecule has 0 radical (unpaired) electrons. The van der Waals surface area contributed by atoms with Crippen molar-refractivity contribution in [2.75, 3.05) is 4.90 Å². The Bertz CT molecular complexity index is 719. The van der Waals surface area contributed by atoms with Crippen molar-refractivity contribution in [3.8, 4) is 0 Å². The minimum absolute atomic E-state index is 0.0442. The number of benzene rings is 1. The van der Waals surface area contributed by atoms with Crippen LogP contribution in [-0.2, 0) is 6.54 Å². The van der Waals surface area contributed by atoms with E-state index < -0.39 is 13.0 Å². The SMILES string of the molecule is C[C@H]1Sc2ccccc2N(C(=O)c2ccnn2CC(F)F)[C@H]1C. The molecule has 0 spiro atoms. The number of carbonyl (C=O) groups is 1. The Labute approximate surface area is 137 Å². The van der Waals surface area contributed by atoms with Crippen molar-refractivity contribution < 1.29 is 13.6 Å². The second-order valence-electron chi connectivity index (χ2n) is 5.50. The van der Waals surface area contributed by atoms with Crippen LogP contribution in [0.1, 0.15) is 24.3 Å². The summed E-state index contributed by atoms with van der Waals surface area (Å²) in [4.78, 5) is 15.7. The van der Waals surface area contributed by atoms with Gasteiger partial charge in [0.1, 0.15) is 12.2 Å². The lowest BCUT2D eigenvalue weighted by atomic mass is 10.1. The normalized spacial score (nSPS) is 20.7. The van der Waals surface area contributed by atoms with Crippen LogP contribution in [0.3, 0.4) is 0 Å². The second-order valence-corrected chi connectivity index (χ2v) is 6.92. The first kappa shape index (κ1) is 16.0. The third-order valence-corrected chi connectivity index (χ3v) is 5.35. The van der Waals surface area contributed by atoms with Gasteiger partial charge < -0.3 is 4.90 Å². The molecule has 0 saturated heterocycles. The van der Waals surface area contributed by atoms with Crippen LogP contribution in [0.15, 0.2) is 41.4 Å².